The van der Waals surface area contributed by atoms with E-state index >= 15 is 0 Å². The Balaban J connectivity index is 1.82. The van der Waals surface area contributed by atoms with Crippen LogP contribution in [-0.2, 0) is 0 Å². The molecule has 1 aliphatic carbocycles. The van der Waals surface area contributed by atoms with Crippen LogP contribution in [0.1, 0.15) is 44.7 Å². The van der Waals surface area contributed by atoms with Crippen LogP contribution < -0.4 is 10.6 Å². The SMILES string of the molecule is CN(C)CCCNc1cccc2c1C(=O)c1cccc(NCCC[N+](C)(C)C)c1C2=O. The summed E-state index contributed by atoms with van der Waals surface area (Å²) in [6.07, 6.45) is 1.93. The van der Waals surface area contributed by atoms with E-state index in [4.69, 9.17) is 0 Å². The molecule has 6 nitrogen and oxygen atoms in total. The topological polar surface area (TPSA) is 61.4 Å². The molecule has 0 saturated carbocycles. The number of nitrogens with zero attached hydrogens (tertiary/aromatic N) is 2. The second kappa shape index (κ2) is 9.62. The molecule has 0 unspecified atom stereocenters. The highest BCUT2D eigenvalue weighted by Gasteiger charge is 2.33. The van der Waals surface area contributed by atoms with Crippen LogP contribution in [0.15, 0.2) is 36.4 Å². The van der Waals surface area contributed by atoms with Crippen molar-refractivity contribution in [3.8, 4) is 0 Å². The van der Waals surface area contributed by atoms with Gasteiger partial charge in [-0.2, -0.15) is 0 Å². The zero-order valence-corrected chi connectivity index (χ0v) is 19.4. The van der Waals surface area contributed by atoms with Crippen molar-refractivity contribution in [1.82, 2.24) is 4.90 Å². The molecular weight excluding hydrogens is 388 g/mol. The van der Waals surface area contributed by atoms with Gasteiger partial charge < -0.3 is 20.0 Å². The average molecular weight is 424 g/mol. The number of carbonyl (C=O) groups excluding carboxylic acids is 2. The highest BCUT2D eigenvalue weighted by molar-refractivity contribution is 6.31. The van der Waals surface area contributed by atoms with Crippen molar-refractivity contribution in [3.63, 3.8) is 0 Å². The molecule has 6 heteroatoms. The predicted molar refractivity (Wildman–Crippen MR) is 127 cm³/mol. The van der Waals surface area contributed by atoms with Crippen LogP contribution in [-0.4, -0.2) is 82.4 Å². The maximum Gasteiger partial charge on any atom is 0.196 e. The molecule has 31 heavy (non-hydrogen) atoms. The third kappa shape index (κ3) is 5.51. The van der Waals surface area contributed by atoms with Gasteiger partial charge in [-0.25, -0.2) is 0 Å². The summed E-state index contributed by atoms with van der Waals surface area (Å²) in [7, 11) is 10.6. The van der Waals surface area contributed by atoms with E-state index in [2.05, 4.69) is 36.7 Å². The number of hydrogen-bond acceptors (Lipinski definition) is 5. The van der Waals surface area contributed by atoms with Crippen molar-refractivity contribution in [2.75, 3.05) is 72.1 Å². The van der Waals surface area contributed by atoms with Gasteiger partial charge in [0.15, 0.2) is 11.6 Å². The summed E-state index contributed by atoms with van der Waals surface area (Å²) in [6.45, 7) is 3.49. The van der Waals surface area contributed by atoms with Crippen molar-refractivity contribution in [1.29, 1.82) is 0 Å². The quantitative estimate of drug-likeness (QED) is 0.387. The van der Waals surface area contributed by atoms with E-state index in [1.54, 1.807) is 12.1 Å². The zero-order valence-electron chi connectivity index (χ0n) is 19.4. The van der Waals surface area contributed by atoms with E-state index in [0.717, 1.165) is 54.9 Å². The van der Waals surface area contributed by atoms with E-state index in [-0.39, 0.29) is 11.6 Å². The first-order valence-electron chi connectivity index (χ1n) is 11.0. The summed E-state index contributed by atoms with van der Waals surface area (Å²) in [5, 5.41) is 6.75. The second-order valence-corrected chi connectivity index (χ2v) is 9.49. The van der Waals surface area contributed by atoms with E-state index < -0.39 is 0 Å². The number of carbonyl (C=O) groups is 2. The van der Waals surface area contributed by atoms with Crippen LogP contribution in [0.3, 0.4) is 0 Å². The van der Waals surface area contributed by atoms with E-state index in [0.29, 0.717) is 22.3 Å². The Kier molecular flexibility index (Phi) is 7.13. The van der Waals surface area contributed by atoms with Gasteiger partial charge in [0.05, 0.1) is 38.8 Å². The lowest BCUT2D eigenvalue weighted by Crippen LogP contribution is -2.36. The smallest absolute Gasteiger partial charge is 0.196 e. The number of rotatable bonds is 10. The van der Waals surface area contributed by atoms with Crippen LogP contribution >= 0.6 is 0 Å². The molecule has 0 spiro atoms. The number of hydrogen-bond donors (Lipinski definition) is 2. The third-order valence-electron chi connectivity index (χ3n) is 5.49. The van der Waals surface area contributed by atoms with E-state index in [9.17, 15) is 9.59 Å². The molecule has 0 radical (unpaired) electrons. The van der Waals surface area contributed by atoms with Crippen LogP contribution in [0.25, 0.3) is 0 Å². The highest BCUT2D eigenvalue weighted by Crippen LogP contribution is 2.35. The normalized spacial score (nSPS) is 13.2. The van der Waals surface area contributed by atoms with Gasteiger partial charge in [-0.05, 0) is 39.2 Å². The Labute approximate surface area is 185 Å². The van der Waals surface area contributed by atoms with Gasteiger partial charge in [0, 0.05) is 42.0 Å². The van der Waals surface area contributed by atoms with Crippen molar-refractivity contribution in [3.05, 3.63) is 58.7 Å². The van der Waals surface area contributed by atoms with Crippen LogP contribution in [0.2, 0.25) is 0 Å². The molecule has 0 saturated heterocycles. The minimum atomic E-state index is -0.0877. The fourth-order valence-electron chi connectivity index (χ4n) is 3.93. The van der Waals surface area contributed by atoms with Crippen molar-refractivity contribution in [2.24, 2.45) is 0 Å². The lowest BCUT2D eigenvalue weighted by molar-refractivity contribution is -0.870. The molecule has 3 rings (SSSR count). The second-order valence-electron chi connectivity index (χ2n) is 9.49. The Hall–Kier alpha value is -2.70. The Morgan fingerprint density at radius 2 is 1.26 bits per heavy atom. The predicted octanol–water partition coefficient (Wildman–Crippen LogP) is 3.33. The lowest BCUT2D eigenvalue weighted by Gasteiger charge is -2.25. The first-order chi connectivity index (χ1) is 14.7. The van der Waals surface area contributed by atoms with Crippen molar-refractivity contribution in [2.45, 2.75) is 12.8 Å². The van der Waals surface area contributed by atoms with E-state index in [1.165, 1.54) is 0 Å². The molecule has 166 valence electrons. The van der Waals surface area contributed by atoms with Crippen molar-refractivity contribution >= 4 is 22.9 Å². The van der Waals surface area contributed by atoms with Gasteiger partial charge >= 0.3 is 0 Å². The molecule has 0 heterocycles. The minimum Gasteiger partial charge on any atom is -0.384 e. The van der Waals surface area contributed by atoms with Crippen molar-refractivity contribution < 1.29 is 14.1 Å². The molecule has 0 fully saturated rings. The van der Waals surface area contributed by atoms with Gasteiger partial charge in [0.2, 0.25) is 0 Å². The lowest BCUT2D eigenvalue weighted by atomic mass is 9.82. The summed E-state index contributed by atoms with van der Waals surface area (Å²) < 4.78 is 0.893. The number of anilines is 2. The minimum absolute atomic E-state index is 0.0868. The molecule has 0 atom stereocenters. The largest absolute Gasteiger partial charge is 0.384 e. The molecule has 0 aliphatic heterocycles. The molecule has 2 aromatic carbocycles. The number of nitrogens with one attached hydrogen (secondary N) is 2. The van der Waals surface area contributed by atoms with Gasteiger partial charge in [-0.3, -0.25) is 9.59 Å². The van der Waals surface area contributed by atoms with Crippen LogP contribution in [0.5, 0.6) is 0 Å². The summed E-state index contributed by atoms with van der Waals surface area (Å²) in [5.74, 6) is -0.174. The molecule has 1 aliphatic rings. The summed E-state index contributed by atoms with van der Waals surface area (Å²) in [5.41, 5.74) is 3.43. The van der Waals surface area contributed by atoms with E-state index in [1.807, 2.05) is 38.4 Å². The highest BCUT2D eigenvalue weighted by atomic mass is 16.1. The number of ketones is 2. The Morgan fingerprint density at radius 1 is 0.774 bits per heavy atom. The van der Waals surface area contributed by atoms with Gasteiger partial charge in [0.25, 0.3) is 0 Å². The maximum atomic E-state index is 13.4. The first kappa shape index (κ1) is 23.0. The maximum absolute atomic E-state index is 13.4. The Bertz CT molecular complexity index is 960. The molecule has 2 N–H and O–H groups in total. The first-order valence-corrected chi connectivity index (χ1v) is 11.0. The molecule has 0 bridgehead atoms. The zero-order chi connectivity index (χ0) is 22.6. The number of fused-ring (bicyclic) bond motifs is 2. The molecule has 0 aromatic heterocycles. The van der Waals surface area contributed by atoms with Crippen LogP contribution in [0.4, 0.5) is 11.4 Å². The monoisotopic (exact) mass is 423 g/mol. The summed E-state index contributed by atoms with van der Waals surface area (Å²) in [6, 6.07) is 11.0. The number of benzene rings is 2. The van der Waals surface area contributed by atoms with Gasteiger partial charge in [0.1, 0.15) is 0 Å². The fourth-order valence-corrected chi connectivity index (χ4v) is 3.93. The standard InChI is InChI=1S/C25H34N4O2/c1-28(2)16-8-14-26-20-12-6-10-18-22(20)24(30)19-11-7-13-21(23(19)25(18)31)27-15-9-17-29(3,4)5/h6-7,10-13H,8-9,14-17H2,1-5H3,(H-,26,27,30,31)/p+1. The van der Waals surface area contributed by atoms with Gasteiger partial charge in [-0.1, -0.05) is 24.3 Å². The molecular formula is C25H35N4O2+. The number of quaternary nitrogens is 1. The van der Waals surface area contributed by atoms with Gasteiger partial charge in [-0.15, -0.1) is 0 Å². The molecule has 2 aromatic rings. The fraction of sp³-hybridized carbons (Fsp3) is 0.440. The summed E-state index contributed by atoms with van der Waals surface area (Å²) in [4.78, 5) is 28.9. The van der Waals surface area contributed by atoms with Crippen LogP contribution in [0, 0.1) is 0 Å². The third-order valence-corrected chi connectivity index (χ3v) is 5.49. The molecule has 0 amide bonds. The summed E-state index contributed by atoms with van der Waals surface area (Å²) >= 11 is 0. The average Bonchev–Trinajstić information content (AvgIpc) is 2.71. The Morgan fingerprint density at radius 3 is 1.71 bits per heavy atom.